The summed E-state index contributed by atoms with van der Waals surface area (Å²) in [5, 5.41) is 15.4. The average molecular weight is 355 g/mol. The van der Waals surface area contributed by atoms with Gasteiger partial charge in [0.2, 0.25) is 0 Å². The van der Waals surface area contributed by atoms with Crippen molar-refractivity contribution < 1.29 is 9.63 Å². The van der Waals surface area contributed by atoms with E-state index in [0.717, 1.165) is 5.56 Å². The summed E-state index contributed by atoms with van der Waals surface area (Å²) >= 11 is 17.9. The average Bonchev–Trinajstić information content (AvgIpc) is 2.91. The number of hydrogen-bond donors (Lipinski definition) is 1. The Balaban J connectivity index is 2.12. The Labute approximate surface area is 142 Å². The number of nitrogens with zero attached hydrogens (tertiary/aromatic N) is 1. The van der Waals surface area contributed by atoms with E-state index in [1.165, 1.54) is 0 Å². The lowest BCUT2D eigenvalue weighted by molar-refractivity contribution is 0.281. The molecule has 0 unspecified atom stereocenters. The van der Waals surface area contributed by atoms with E-state index in [2.05, 4.69) is 5.16 Å². The highest BCUT2D eigenvalue weighted by Gasteiger charge is 2.19. The van der Waals surface area contributed by atoms with Gasteiger partial charge in [-0.15, -0.1) is 0 Å². The van der Waals surface area contributed by atoms with Crippen molar-refractivity contribution in [2.75, 3.05) is 0 Å². The second-order valence-corrected chi connectivity index (χ2v) is 5.97. The molecular weight excluding hydrogens is 345 g/mol. The Bertz CT molecular complexity index is 793. The van der Waals surface area contributed by atoms with Gasteiger partial charge in [0.15, 0.2) is 5.76 Å². The summed E-state index contributed by atoms with van der Waals surface area (Å²) in [5.41, 5.74) is 2.54. The maximum Gasteiger partial charge on any atom is 0.173 e. The Morgan fingerprint density at radius 3 is 2.09 bits per heavy atom. The van der Waals surface area contributed by atoms with Crippen molar-refractivity contribution in [1.82, 2.24) is 5.16 Å². The van der Waals surface area contributed by atoms with Crippen molar-refractivity contribution in [2.24, 2.45) is 0 Å². The molecule has 0 aliphatic rings. The Hall–Kier alpha value is -1.52. The van der Waals surface area contributed by atoms with Crippen LogP contribution in [0.25, 0.3) is 22.6 Å². The SMILES string of the molecule is OCc1c(-c2cc(Cl)cc(Cl)c2)noc1-c1ccc(Cl)cc1. The smallest absolute Gasteiger partial charge is 0.173 e. The Morgan fingerprint density at radius 2 is 1.50 bits per heavy atom. The van der Waals surface area contributed by atoms with Gasteiger partial charge >= 0.3 is 0 Å². The van der Waals surface area contributed by atoms with Crippen molar-refractivity contribution in [3.63, 3.8) is 0 Å². The van der Waals surface area contributed by atoms with Crippen LogP contribution >= 0.6 is 34.8 Å². The van der Waals surface area contributed by atoms with E-state index in [1.54, 1.807) is 42.5 Å². The zero-order valence-electron chi connectivity index (χ0n) is 11.2. The number of benzene rings is 2. The van der Waals surface area contributed by atoms with Crippen LogP contribution in [-0.2, 0) is 6.61 Å². The van der Waals surface area contributed by atoms with Gasteiger partial charge in [0.25, 0.3) is 0 Å². The van der Waals surface area contributed by atoms with Crippen LogP contribution in [0.3, 0.4) is 0 Å². The van der Waals surface area contributed by atoms with E-state index in [9.17, 15) is 5.11 Å². The predicted octanol–water partition coefficient (Wildman–Crippen LogP) is 5.46. The van der Waals surface area contributed by atoms with Gasteiger partial charge in [-0.1, -0.05) is 40.0 Å². The third kappa shape index (κ3) is 2.99. The van der Waals surface area contributed by atoms with Gasteiger partial charge in [-0.3, -0.25) is 0 Å². The van der Waals surface area contributed by atoms with Gasteiger partial charge in [-0.05, 0) is 42.5 Å². The first-order chi connectivity index (χ1) is 10.6. The van der Waals surface area contributed by atoms with Crippen molar-refractivity contribution in [3.8, 4) is 22.6 Å². The van der Waals surface area contributed by atoms with Crippen LogP contribution in [0.15, 0.2) is 47.0 Å². The fourth-order valence-corrected chi connectivity index (χ4v) is 2.85. The zero-order chi connectivity index (χ0) is 15.7. The number of aliphatic hydroxyl groups excluding tert-OH is 1. The molecule has 0 aliphatic heterocycles. The summed E-state index contributed by atoms with van der Waals surface area (Å²) in [6.07, 6.45) is 0. The molecule has 0 saturated carbocycles. The first-order valence-corrected chi connectivity index (χ1v) is 7.53. The molecule has 0 amide bonds. The van der Waals surface area contributed by atoms with E-state index < -0.39 is 0 Å². The minimum absolute atomic E-state index is 0.221. The van der Waals surface area contributed by atoms with Crippen molar-refractivity contribution >= 4 is 34.8 Å². The molecule has 3 aromatic rings. The number of aliphatic hydroxyl groups is 1. The number of hydrogen-bond acceptors (Lipinski definition) is 3. The summed E-state index contributed by atoms with van der Waals surface area (Å²) in [6, 6.07) is 12.2. The molecule has 2 aromatic carbocycles. The predicted molar refractivity (Wildman–Crippen MR) is 88.3 cm³/mol. The first kappa shape index (κ1) is 15.4. The third-order valence-electron chi connectivity index (χ3n) is 3.19. The molecule has 0 radical (unpaired) electrons. The summed E-state index contributed by atoms with van der Waals surface area (Å²) < 4.78 is 5.41. The van der Waals surface area contributed by atoms with Crippen molar-refractivity contribution in [1.29, 1.82) is 0 Å². The molecular formula is C16H10Cl3NO2. The van der Waals surface area contributed by atoms with Crippen molar-refractivity contribution in [3.05, 3.63) is 63.1 Å². The Kier molecular flexibility index (Phi) is 4.41. The quantitative estimate of drug-likeness (QED) is 0.679. The molecule has 3 rings (SSSR count). The fourth-order valence-electron chi connectivity index (χ4n) is 2.20. The molecule has 1 N–H and O–H groups in total. The van der Waals surface area contributed by atoms with Crippen LogP contribution < -0.4 is 0 Å². The molecule has 0 fully saturated rings. The van der Waals surface area contributed by atoms with Gasteiger partial charge in [-0.2, -0.15) is 0 Å². The van der Waals surface area contributed by atoms with Crippen LogP contribution in [0.4, 0.5) is 0 Å². The molecule has 6 heteroatoms. The maximum absolute atomic E-state index is 9.71. The second-order valence-electron chi connectivity index (χ2n) is 4.66. The topological polar surface area (TPSA) is 46.3 Å². The van der Waals surface area contributed by atoms with Gasteiger partial charge in [0.1, 0.15) is 5.69 Å². The van der Waals surface area contributed by atoms with Crippen LogP contribution in [0, 0.1) is 0 Å². The van der Waals surface area contributed by atoms with E-state index >= 15 is 0 Å². The maximum atomic E-state index is 9.71. The molecule has 0 saturated heterocycles. The highest BCUT2D eigenvalue weighted by molar-refractivity contribution is 6.35. The fraction of sp³-hybridized carbons (Fsp3) is 0.0625. The van der Waals surface area contributed by atoms with E-state index in [4.69, 9.17) is 39.3 Å². The molecule has 1 aromatic heterocycles. The summed E-state index contributed by atoms with van der Waals surface area (Å²) in [6.45, 7) is -0.221. The second kappa shape index (κ2) is 6.31. The summed E-state index contributed by atoms with van der Waals surface area (Å²) in [5.74, 6) is 0.491. The number of aromatic nitrogens is 1. The summed E-state index contributed by atoms with van der Waals surface area (Å²) in [7, 11) is 0. The van der Waals surface area contributed by atoms with Gasteiger partial charge < -0.3 is 9.63 Å². The van der Waals surface area contributed by atoms with E-state index in [-0.39, 0.29) is 6.61 Å². The minimum Gasteiger partial charge on any atom is -0.391 e. The number of halogens is 3. The normalized spacial score (nSPS) is 10.9. The van der Waals surface area contributed by atoms with Crippen LogP contribution in [0.1, 0.15) is 5.56 Å². The van der Waals surface area contributed by atoms with Gasteiger partial charge in [0, 0.05) is 26.2 Å². The molecule has 0 aliphatic carbocycles. The van der Waals surface area contributed by atoms with Gasteiger partial charge in [-0.25, -0.2) is 0 Å². The molecule has 3 nitrogen and oxygen atoms in total. The molecule has 0 spiro atoms. The molecule has 0 atom stereocenters. The molecule has 0 bridgehead atoms. The number of rotatable bonds is 3. The first-order valence-electron chi connectivity index (χ1n) is 6.40. The lowest BCUT2D eigenvalue weighted by Gasteiger charge is -2.03. The highest BCUT2D eigenvalue weighted by Crippen LogP contribution is 2.35. The van der Waals surface area contributed by atoms with Crippen molar-refractivity contribution in [2.45, 2.75) is 6.61 Å². The van der Waals surface area contributed by atoms with E-state index in [0.29, 0.717) is 37.6 Å². The monoisotopic (exact) mass is 353 g/mol. The minimum atomic E-state index is -0.221. The molecule has 112 valence electrons. The summed E-state index contributed by atoms with van der Waals surface area (Å²) in [4.78, 5) is 0. The van der Waals surface area contributed by atoms with Crippen LogP contribution in [0.2, 0.25) is 15.1 Å². The van der Waals surface area contributed by atoms with E-state index in [1.807, 2.05) is 0 Å². The highest BCUT2D eigenvalue weighted by atomic mass is 35.5. The zero-order valence-corrected chi connectivity index (χ0v) is 13.5. The standard InChI is InChI=1S/C16H10Cl3NO2/c17-11-3-1-9(2-4-11)16-14(8-21)15(20-22-16)10-5-12(18)7-13(19)6-10/h1-7,21H,8H2. The largest absolute Gasteiger partial charge is 0.391 e. The lowest BCUT2D eigenvalue weighted by atomic mass is 10.0. The Morgan fingerprint density at radius 1 is 0.864 bits per heavy atom. The van der Waals surface area contributed by atoms with Crippen LogP contribution in [-0.4, -0.2) is 10.3 Å². The molecule has 1 heterocycles. The van der Waals surface area contributed by atoms with Crippen LogP contribution in [0.5, 0.6) is 0 Å². The molecule has 22 heavy (non-hydrogen) atoms. The van der Waals surface area contributed by atoms with Gasteiger partial charge in [0.05, 0.1) is 12.2 Å². The third-order valence-corrected chi connectivity index (χ3v) is 3.88. The lowest BCUT2D eigenvalue weighted by Crippen LogP contribution is -1.89.